The van der Waals surface area contributed by atoms with Crippen LogP contribution in [0.15, 0.2) is 24.3 Å². The third-order valence-corrected chi connectivity index (χ3v) is 7.61. The van der Waals surface area contributed by atoms with E-state index in [1.165, 1.54) is 0 Å². The average Bonchev–Trinajstić information content (AvgIpc) is 3.50. The first-order valence-electron chi connectivity index (χ1n) is 16.2. The van der Waals surface area contributed by atoms with Gasteiger partial charge < -0.3 is 28.8 Å². The fourth-order valence-electron chi connectivity index (χ4n) is 5.36. The predicted octanol–water partition coefficient (Wildman–Crippen LogP) is 7.78. The number of rotatable bonds is 14. The molecule has 4 rings (SSSR count). The van der Waals surface area contributed by atoms with E-state index in [1.807, 2.05) is 33.8 Å². The van der Waals surface area contributed by atoms with Crippen LogP contribution in [0.2, 0.25) is 0 Å². The van der Waals surface area contributed by atoms with Crippen LogP contribution in [-0.4, -0.2) is 53.1 Å². The Balaban J connectivity index is 1.68. The van der Waals surface area contributed by atoms with Crippen LogP contribution >= 0.6 is 0 Å². The lowest BCUT2D eigenvalue weighted by atomic mass is 10.0. The van der Waals surface area contributed by atoms with E-state index in [9.17, 15) is 9.59 Å². The van der Waals surface area contributed by atoms with E-state index >= 15 is 0 Å². The van der Waals surface area contributed by atoms with Crippen molar-refractivity contribution in [2.75, 3.05) is 19.8 Å². The van der Waals surface area contributed by atoms with Gasteiger partial charge in [-0.3, -0.25) is 0 Å². The number of nitrogens with one attached hydrogen (secondary N) is 1. The van der Waals surface area contributed by atoms with Crippen LogP contribution < -0.4 is 14.8 Å². The highest BCUT2D eigenvalue weighted by molar-refractivity contribution is 5.97. The lowest BCUT2D eigenvalue weighted by molar-refractivity contribution is 0.0483. The van der Waals surface area contributed by atoms with Crippen LogP contribution in [0.4, 0.5) is 4.79 Å². The number of benzene rings is 1. The molecule has 1 aromatic carbocycles. The monoisotopic (exact) mass is 607 g/mol. The lowest BCUT2D eigenvalue weighted by Gasteiger charge is -2.21. The van der Waals surface area contributed by atoms with E-state index in [2.05, 4.69) is 48.9 Å². The number of amides is 1. The molecular formula is C35H49N3O6. The molecule has 1 N–H and O–H groups in total. The second-order valence-electron chi connectivity index (χ2n) is 12.6. The van der Waals surface area contributed by atoms with Crippen molar-refractivity contribution in [1.29, 1.82) is 0 Å². The third-order valence-electron chi connectivity index (χ3n) is 7.61. The molecule has 240 valence electrons. The maximum absolute atomic E-state index is 13.4. The van der Waals surface area contributed by atoms with Crippen LogP contribution in [0.25, 0.3) is 22.2 Å². The lowest BCUT2D eigenvalue weighted by Crippen LogP contribution is -2.39. The van der Waals surface area contributed by atoms with E-state index in [0.29, 0.717) is 37.8 Å². The molecule has 1 amide bonds. The number of carbonyl (C=O) groups excluding carboxylic acids is 2. The molecule has 0 saturated carbocycles. The van der Waals surface area contributed by atoms with E-state index in [0.717, 1.165) is 72.7 Å². The number of aromatic nitrogens is 2. The second-order valence-corrected chi connectivity index (χ2v) is 12.6. The zero-order valence-electron chi connectivity index (χ0n) is 27.5. The molecule has 1 aliphatic rings. The zero-order chi connectivity index (χ0) is 31.9. The van der Waals surface area contributed by atoms with Crippen LogP contribution in [0.5, 0.6) is 11.6 Å². The Morgan fingerprint density at radius 2 is 1.66 bits per heavy atom. The number of hydrogen-bond acceptors (Lipinski definition) is 7. The molecule has 0 bridgehead atoms. The fourth-order valence-corrected chi connectivity index (χ4v) is 5.36. The van der Waals surface area contributed by atoms with E-state index in [-0.39, 0.29) is 17.5 Å². The standard InChI is InChI=1S/C35H49N3O6/c1-8-11-16-41-31-23(4)30(37-32(42-17-12-9-2)29(31)33(39)43-18-13-10-3)24-14-15-28-25(19-24)20-27-21-26(22-38(27)28)36-34(40)44-35(5,6)7/h14-15,19-20,26H,8-13,16-18,21-22H2,1-7H3,(H,36,40). The summed E-state index contributed by atoms with van der Waals surface area (Å²) in [6.07, 6.45) is 5.67. The van der Waals surface area contributed by atoms with Gasteiger partial charge >= 0.3 is 12.1 Å². The highest BCUT2D eigenvalue weighted by Gasteiger charge is 2.29. The highest BCUT2D eigenvalue weighted by atomic mass is 16.6. The maximum atomic E-state index is 13.4. The molecule has 0 radical (unpaired) electrons. The molecule has 3 aromatic rings. The number of pyridine rings is 1. The Bertz CT molecular complexity index is 1460. The summed E-state index contributed by atoms with van der Waals surface area (Å²) in [6.45, 7) is 15.7. The van der Waals surface area contributed by atoms with Gasteiger partial charge in [0.05, 0.1) is 31.6 Å². The molecule has 0 saturated heterocycles. The quantitative estimate of drug-likeness (QED) is 0.148. The van der Waals surface area contributed by atoms with Crippen molar-refractivity contribution in [2.24, 2.45) is 0 Å². The van der Waals surface area contributed by atoms with Gasteiger partial charge in [0.2, 0.25) is 5.88 Å². The summed E-state index contributed by atoms with van der Waals surface area (Å²) in [4.78, 5) is 30.6. The Hall–Kier alpha value is -3.75. The van der Waals surface area contributed by atoms with Gasteiger partial charge in [-0.1, -0.05) is 46.1 Å². The van der Waals surface area contributed by atoms with Crippen LogP contribution in [0.1, 0.15) is 102 Å². The third kappa shape index (κ3) is 8.04. The first-order valence-corrected chi connectivity index (χ1v) is 16.2. The van der Waals surface area contributed by atoms with E-state index in [1.54, 1.807) is 0 Å². The minimum Gasteiger partial charge on any atom is -0.492 e. The van der Waals surface area contributed by atoms with Gasteiger partial charge in [-0.05, 0) is 65.2 Å². The first-order chi connectivity index (χ1) is 21.1. The molecule has 0 aliphatic carbocycles. The second kappa shape index (κ2) is 14.8. The number of alkyl carbamates (subject to hydrolysis) is 1. The topological polar surface area (TPSA) is 101 Å². The largest absolute Gasteiger partial charge is 0.492 e. The summed E-state index contributed by atoms with van der Waals surface area (Å²) in [5.41, 5.74) is 4.37. The van der Waals surface area contributed by atoms with Crippen LogP contribution in [-0.2, 0) is 22.4 Å². The summed E-state index contributed by atoms with van der Waals surface area (Å²) in [5, 5.41) is 4.09. The molecule has 9 nitrogen and oxygen atoms in total. The maximum Gasteiger partial charge on any atom is 0.407 e. The van der Waals surface area contributed by atoms with Crippen molar-refractivity contribution in [2.45, 2.75) is 112 Å². The molecule has 1 unspecified atom stereocenters. The number of nitrogens with zero attached hydrogens (tertiary/aromatic N) is 2. The normalized spacial score (nSPS) is 14.4. The van der Waals surface area contributed by atoms with Gasteiger partial charge in [-0.2, -0.15) is 0 Å². The predicted molar refractivity (Wildman–Crippen MR) is 173 cm³/mol. The number of esters is 1. The van der Waals surface area contributed by atoms with Crippen molar-refractivity contribution in [3.8, 4) is 22.9 Å². The van der Waals surface area contributed by atoms with E-state index in [4.69, 9.17) is 23.9 Å². The Kier molecular flexibility index (Phi) is 11.2. The van der Waals surface area contributed by atoms with Gasteiger partial charge in [0.15, 0.2) is 5.56 Å². The van der Waals surface area contributed by atoms with Crippen molar-refractivity contribution >= 4 is 23.0 Å². The molecule has 0 fully saturated rings. The Morgan fingerprint density at radius 1 is 0.977 bits per heavy atom. The molecule has 2 aromatic heterocycles. The molecular weight excluding hydrogens is 558 g/mol. The van der Waals surface area contributed by atoms with Gasteiger partial charge in [-0.15, -0.1) is 0 Å². The number of hydrogen-bond donors (Lipinski definition) is 1. The minimum absolute atomic E-state index is 0.0249. The van der Waals surface area contributed by atoms with Crippen molar-refractivity contribution < 1.29 is 28.5 Å². The highest BCUT2D eigenvalue weighted by Crippen LogP contribution is 2.39. The first kappa shape index (κ1) is 33.1. The summed E-state index contributed by atoms with van der Waals surface area (Å²) in [5.74, 6) is 0.266. The smallest absolute Gasteiger partial charge is 0.407 e. The molecule has 0 spiro atoms. The van der Waals surface area contributed by atoms with Gasteiger partial charge in [-0.25, -0.2) is 14.6 Å². The zero-order valence-corrected chi connectivity index (χ0v) is 27.5. The Morgan fingerprint density at radius 3 is 2.34 bits per heavy atom. The van der Waals surface area contributed by atoms with Crippen molar-refractivity contribution in [3.63, 3.8) is 0 Å². The average molecular weight is 608 g/mol. The summed E-state index contributed by atoms with van der Waals surface area (Å²) in [6, 6.07) is 8.40. The van der Waals surface area contributed by atoms with Gasteiger partial charge in [0, 0.05) is 40.7 Å². The SMILES string of the molecule is CCCCOC(=O)c1c(OCCCC)nc(-c2ccc3c(c2)cc2n3CC(NC(=O)OC(C)(C)C)C2)c(C)c1OCCCC. The number of unbranched alkanes of at least 4 members (excludes halogenated alkanes) is 3. The number of ether oxygens (including phenoxy) is 4. The van der Waals surface area contributed by atoms with Crippen LogP contribution in [0, 0.1) is 6.92 Å². The molecule has 44 heavy (non-hydrogen) atoms. The fraction of sp³-hybridized carbons (Fsp3) is 0.571. The van der Waals surface area contributed by atoms with E-state index < -0.39 is 17.7 Å². The van der Waals surface area contributed by atoms with Gasteiger partial charge in [0.25, 0.3) is 0 Å². The molecule has 1 atom stereocenters. The Labute approximate surface area is 261 Å². The summed E-state index contributed by atoms with van der Waals surface area (Å²) in [7, 11) is 0. The van der Waals surface area contributed by atoms with Crippen LogP contribution in [0.3, 0.4) is 0 Å². The van der Waals surface area contributed by atoms with Crippen molar-refractivity contribution in [1.82, 2.24) is 14.9 Å². The molecule has 1 aliphatic heterocycles. The molecule has 3 heterocycles. The number of carbonyl (C=O) groups is 2. The summed E-state index contributed by atoms with van der Waals surface area (Å²) >= 11 is 0. The van der Waals surface area contributed by atoms with Gasteiger partial charge in [0.1, 0.15) is 11.4 Å². The minimum atomic E-state index is -0.539. The summed E-state index contributed by atoms with van der Waals surface area (Å²) < 4.78 is 25.8. The van der Waals surface area contributed by atoms with Crippen molar-refractivity contribution in [3.05, 3.63) is 41.1 Å². The number of fused-ring (bicyclic) bond motifs is 3. The molecule has 9 heteroatoms.